The number of carbonyl (C=O) groups excluding carboxylic acids is 2. The molecule has 3 aromatic rings. The van der Waals surface area contributed by atoms with Crippen LogP contribution in [0.1, 0.15) is 41.9 Å². The standard InChI is InChI=1S/C28H29NO7S/c1-3-34-26(30)16-25(29)27(18-12-14-19(15-13-18)36-37(2,32)33)28(31)35-17-24-22-10-6-4-8-20(22)21-9-5-7-11-23(21)24/h4-15,24-25,27H,3,16-17,29H2,1-2H3. The molecule has 0 aliphatic heterocycles. The zero-order valence-corrected chi connectivity index (χ0v) is 21.4. The summed E-state index contributed by atoms with van der Waals surface area (Å²) in [6, 6.07) is 21.0. The fourth-order valence-electron chi connectivity index (χ4n) is 4.69. The lowest BCUT2D eigenvalue weighted by atomic mass is 9.90. The molecule has 0 radical (unpaired) electrons. The SMILES string of the molecule is CCOC(=O)CC(N)C(C(=O)OCC1c2ccccc2-c2ccccc21)c1ccc(OS(C)(=O)=O)cc1. The second-order valence-electron chi connectivity index (χ2n) is 8.86. The first-order valence-corrected chi connectivity index (χ1v) is 13.7. The van der Waals surface area contributed by atoms with Gasteiger partial charge in [0.05, 0.1) is 25.2 Å². The van der Waals surface area contributed by atoms with Gasteiger partial charge in [0.25, 0.3) is 0 Å². The van der Waals surface area contributed by atoms with Gasteiger partial charge in [-0.1, -0.05) is 60.7 Å². The van der Waals surface area contributed by atoms with Gasteiger partial charge in [0.2, 0.25) is 0 Å². The highest BCUT2D eigenvalue weighted by Gasteiger charge is 2.34. The third kappa shape index (κ3) is 6.18. The van der Waals surface area contributed by atoms with Crippen LogP contribution in [0.5, 0.6) is 5.75 Å². The Labute approximate surface area is 216 Å². The largest absolute Gasteiger partial charge is 0.466 e. The van der Waals surface area contributed by atoms with Gasteiger partial charge in [-0.2, -0.15) is 8.42 Å². The van der Waals surface area contributed by atoms with Crippen LogP contribution in [0.15, 0.2) is 72.8 Å². The molecular formula is C28H29NO7S. The molecule has 4 rings (SSSR count). The second kappa shape index (κ2) is 11.1. The van der Waals surface area contributed by atoms with Crippen molar-refractivity contribution < 1.29 is 31.7 Å². The number of fused-ring (bicyclic) bond motifs is 3. The van der Waals surface area contributed by atoms with Crippen LogP contribution in [0.4, 0.5) is 0 Å². The topological polar surface area (TPSA) is 122 Å². The van der Waals surface area contributed by atoms with E-state index >= 15 is 0 Å². The number of nitrogens with two attached hydrogens (primary N) is 1. The van der Waals surface area contributed by atoms with Gasteiger partial charge in [-0.15, -0.1) is 0 Å². The van der Waals surface area contributed by atoms with Gasteiger partial charge in [0, 0.05) is 12.0 Å². The molecule has 0 heterocycles. The van der Waals surface area contributed by atoms with E-state index < -0.39 is 34.0 Å². The lowest BCUT2D eigenvalue weighted by Crippen LogP contribution is -2.37. The van der Waals surface area contributed by atoms with Crippen LogP contribution in [0.2, 0.25) is 0 Å². The Bertz CT molecular complexity index is 1340. The van der Waals surface area contributed by atoms with Crippen LogP contribution < -0.4 is 9.92 Å². The number of ether oxygens (including phenoxy) is 2. The maximum atomic E-state index is 13.4. The molecule has 0 saturated carbocycles. The number of benzene rings is 3. The predicted octanol–water partition coefficient (Wildman–Crippen LogP) is 3.74. The Morgan fingerprint density at radius 3 is 2.00 bits per heavy atom. The fourth-order valence-corrected chi connectivity index (χ4v) is 5.15. The van der Waals surface area contributed by atoms with E-state index in [4.69, 9.17) is 19.4 Å². The maximum Gasteiger partial charge on any atom is 0.315 e. The van der Waals surface area contributed by atoms with Crippen molar-refractivity contribution in [1.82, 2.24) is 0 Å². The van der Waals surface area contributed by atoms with Crippen LogP contribution in [0.25, 0.3) is 11.1 Å². The zero-order valence-electron chi connectivity index (χ0n) is 20.6. The molecule has 0 saturated heterocycles. The molecule has 0 aromatic heterocycles. The molecule has 0 spiro atoms. The first-order valence-electron chi connectivity index (χ1n) is 11.9. The lowest BCUT2D eigenvalue weighted by Gasteiger charge is -2.24. The average molecular weight is 524 g/mol. The Balaban J connectivity index is 1.57. The molecule has 37 heavy (non-hydrogen) atoms. The number of carbonyl (C=O) groups is 2. The minimum absolute atomic E-state index is 0.0940. The summed E-state index contributed by atoms with van der Waals surface area (Å²) in [6.45, 7) is 1.98. The van der Waals surface area contributed by atoms with E-state index in [1.54, 1.807) is 6.92 Å². The van der Waals surface area contributed by atoms with Crippen LogP contribution in [0.3, 0.4) is 0 Å². The van der Waals surface area contributed by atoms with Gasteiger partial charge in [0.1, 0.15) is 12.4 Å². The van der Waals surface area contributed by atoms with Gasteiger partial charge in [-0.05, 0) is 46.9 Å². The van der Waals surface area contributed by atoms with E-state index in [1.807, 2.05) is 48.5 Å². The minimum atomic E-state index is -3.71. The highest BCUT2D eigenvalue weighted by molar-refractivity contribution is 7.86. The van der Waals surface area contributed by atoms with Crippen molar-refractivity contribution in [3.8, 4) is 16.9 Å². The summed E-state index contributed by atoms with van der Waals surface area (Å²) in [6.07, 6.45) is 0.750. The number of hydrogen-bond donors (Lipinski definition) is 1. The third-order valence-corrected chi connectivity index (χ3v) is 6.73. The first kappa shape index (κ1) is 26.4. The van der Waals surface area contributed by atoms with Gasteiger partial charge >= 0.3 is 22.1 Å². The second-order valence-corrected chi connectivity index (χ2v) is 10.4. The summed E-state index contributed by atoms with van der Waals surface area (Å²) in [5, 5.41) is 0. The molecule has 194 valence electrons. The summed E-state index contributed by atoms with van der Waals surface area (Å²) in [5.74, 6) is -2.14. The highest BCUT2D eigenvalue weighted by atomic mass is 32.2. The number of hydrogen-bond acceptors (Lipinski definition) is 8. The summed E-state index contributed by atoms with van der Waals surface area (Å²) in [5.41, 5.74) is 11.2. The van der Waals surface area contributed by atoms with Crippen LogP contribution >= 0.6 is 0 Å². The minimum Gasteiger partial charge on any atom is -0.466 e. The van der Waals surface area contributed by atoms with E-state index in [0.717, 1.165) is 28.5 Å². The molecule has 0 bridgehead atoms. The van der Waals surface area contributed by atoms with Crippen molar-refractivity contribution in [1.29, 1.82) is 0 Å². The fraction of sp³-hybridized carbons (Fsp3) is 0.286. The summed E-state index contributed by atoms with van der Waals surface area (Å²) in [4.78, 5) is 25.6. The lowest BCUT2D eigenvalue weighted by molar-refractivity contribution is -0.147. The third-order valence-electron chi connectivity index (χ3n) is 6.23. The monoisotopic (exact) mass is 523 g/mol. The molecule has 1 aliphatic carbocycles. The van der Waals surface area contributed by atoms with Crippen molar-refractivity contribution in [3.05, 3.63) is 89.5 Å². The van der Waals surface area contributed by atoms with Gasteiger partial charge in [-0.3, -0.25) is 9.59 Å². The molecule has 3 aromatic carbocycles. The molecule has 8 nitrogen and oxygen atoms in total. The summed E-state index contributed by atoms with van der Waals surface area (Å²) >= 11 is 0. The van der Waals surface area contributed by atoms with E-state index in [0.29, 0.717) is 5.56 Å². The summed E-state index contributed by atoms with van der Waals surface area (Å²) < 4.78 is 38.6. The molecular weight excluding hydrogens is 494 g/mol. The highest BCUT2D eigenvalue weighted by Crippen LogP contribution is 2.44. The normalized spacial score (nSPS) is 14.2. The molecule has 0 amide bonds. The Hall–Kier alpha value is -3.69. The predicted molar refractivity (Wildman–Crippen MR) is 139 cm³/mol. The first-order chi connectivity index (χ1) is 17.7. The molecule has 9 heteroatoms. The van der Waals surface area contributed by atoms with Crippen molar-refractivity contribution in [3.63, 3.8) is 0 Å². The average Bonchev–Trinajstić information content (AvgIpc) is 3.17. The van der Waals surface area contributed by atoms with E-state index in [9.17, 15) is 18.0 Å². The number of rotatable bonds is 10. The van der Waals surface area contributed by atoms with Crippen molar-refractivity contribution in [2.45, 2.75) is 31.2 Å². The van der Waals surface area contributed by atoms with Crippen molar-refractivity contribution in [2.75, 3.05) is 19.5 Å². The van der Waals surface area contributed by atoms with Gasteiger partial charge < -0.3 is 19.4 Å². The molecule has 2 N–H and O–H groups in total. The quantitative estimate of drug-likeness (QED) is 0.315. The van der Waals surface area contributed by atoms with Crippen molar-refractivity contribution in [2.24, 2.45) is 5.73 Å². The van der Waals surface area contributed by atoms with E-state index in [2.05, 4.69) is 0 Å². The Morgan fingerprint density at radius 2 is 1.46 bits per heavy atom. The zero-order chi connectivity index (χ0) is 26.6. The Morgan fingerprint density at radius 1 is 0.892 bits per heavy atom. The maximum absolute atomic E-state index is 13.4. The Kier molecular flexibility index (Phi) is 7.94. The van der Waals surface area contributed by atoms with Gasteiger partial charge in [-0.25, -0.2) is 0 Å². The number of esters is 2. The van der Waals surface area contributed by atoms with Gasteiger partial charge in [0.15, 0.2) is 0 Å². The van der Waals surface area contributed by atoms with Crippen molar-refractivity contribution >= 4 is 22.1 Å². The van der Waals surface area contributed by atoms with E-state index in [-0.39, 0.29) is 31.3 Å². The molecule has 0 fully saturated rings. The van der Waals surface area contributed by atoms with Crippen LogP contribution in [-0.2, 0) is 29.2 Å². The van der Waals surface area contributed by atoms with Crippen LogP contribution in [-0.4, -0.2) is 45.9 Å². The molecule has 1 aliphatic rings. The van der Waals surface area contributed by atoms with Crippen LogP contribution in [0, 0.1) is 0 Å². The van der Waals surface area contributed by atoms with E-state index in [1.165, 1.54) is 24.3 Å². The molecule has 2 unspecified atom stereocenters. The smallest absolute Gasteiger partial charge is 0.315 e. The molecule has 2 atom stereocenters. The summed E-state index contributed by atoms with van der Waals surface area (Å²) in [7, 11) is -3.71.